The Kier molecular flexibility index (Phi) is 11.9. The molecule has 1 heterocycles. The van der Waals surface area contributed by atoms with Gasteiger partial charge in [0.25, 0.3) is 0 Å². The summed E-state index contributed by atoms with van der Waals surface area (Å²) in [5.74, 6) is -6.20. The molecule has 2 bridgehead atoms. The molecule has 4 aliphatic rings. The fourth-order valence-corrected chi connectivity index (χ4v) is 10.1. The molecular formula is C38H53BN3O12. The lowest BCUT2D eigenvalue weighted by atomic mass is 9.40. The number of nitrogens with one attached hydrogen (secondary N) is 1. The molecule has 0 spiro atoms. The number of nitrogens with two attached hydrogens (primary N) is 2. The number of ether oxygens (including phenoxy) is 5. The zero-order valence-corrected chi connectivity index (χ0v) is 32.0. The summed E-state index contributed by atoms with van der Waals surface area (Å²) in [6, 6.07) is 8.70. The number of rotatable bonds is 12. The van der Waals surface area contributed by atoms with E-state index in [-0.39, 0.29) is 31.5 Å². The van der Waals surface area contributed by atoms with Gasteiger partial charge in [0.2, 0.25) is 0 Å². The summed E-state index contributed by atoms with van der Waals surface area (Å²) in [5, 5.41) is 22.7. The predicted molar refractivity (Wildman–Crippen MR) is 192 cm³/mol. The minimum atomic E-state index is -1.74. The Bertz CT molecular complexity index is 1670. The summed E-state index contributed by atoms with van der Waals surface area (Å²) in [5.41, 5.74) is 9.29. The third-order valence-corrected chi connectivity index (χ3v) is 12.8. The molecule has 1 radical (unpaired) electrons. The van der Waals surface area contributed by atoms with Gasteiger partial charge in [-0.2, -0.15) is 0 Å². The minimum absolute atomic E-state index is 0.0845. The van der Waals surface area contributed by atoms with Gasteiger partial charge in [0.05, 0.1) is 36.8 Å². The summed E-state index contributed by atoms with van der Waals surface area (Å²) < 4.78 is 29.6. The summed E-state index contributed by atoms with van der Waals surface area (Å²) in [7, 11) is 1.55. The van der Waals surface area contributed by atoms with Crippen LogP contribution in [0.1, 0.15) is 72.7 Å². The van der Waals surface area contributed by atoms with E-state index in [9.17, 15) is 29.5 Å². The molecule has 2 saturated carbocycles. The number of fused-ring (bicyclic) bond motifs is 5. The van der Waals surface area contributed by atoms with Crippen LogP contribution < -0.4 is 16.9 Å². The van der Waals surface area contributed by atoms with E-state index in [0.717, 1.165) is 0 Å². The molecule has 15 nitrogen and oxygen atoms in total. The van der Waals surface area contributed by atoms with E-state index in [0.29, 0.717) is 11.1 Å². The molecule has 1 aromatic carbocycles. The van der Waals surface area contributed by atoms with Crippen LogP contribution in [-0.2, 0) is 47.7 Å². The molecule has 0 unspecified atom stereocenters. The quantitative estimate of drug-likeness (QED) is 0.0660. The Labute approximate surface area is 316 Å². The number of hydroxylamine groups is 1. The lowest BCUT2D eigenvalue weighted by molar-refractivity contribution is -0.304. The van der Waals surface area contributed by atoms with Gasteiger partial charge in [-0.25, -0.2) is 10.3 Å². The molecule has 5 rings (SSSR count). The van der Waals surface area contributed by atoms with Gasteiger partial charge in [-0.1, -0.05) is 58.0 Å². The molecule has 0 amide bonds. The highest BCUT2D eigenvalue weighted by molar-refractivity contribution is 6.39. The van der Waals surface area contributed by atoms with E-state index in [4.69, 9.17) is 35.2 Å². The van der Waals surface area contributed by atoms with Crippen LogP contribution in [0.2, 0.25) is 0 Å². The third-order valence-electron chi connectivity index (χ3n) is 12.8. The van der Waals surface area contributed by atoms with Crippen LogP contribution in [0.4, 0.5) is 0 Å². The van der Waals surface area contributed by atoms with Crippen LogP contribution in [-0.4, -0.2) is 110 Å². The molecule has 54 heavy (non-hydrogen) atoms. The van der Waals surface area contributed by atoms with Crippen molar-refractivity contribution in [1.29, 1.82) is 0 Å². The lowest BCUT2D eigenvalue weighted by Crippen LogP contribution is -2.75. The zero-order chi connectivity index (χ0) is 40.0. The Morgan fingerprint density at radius 3 is 2.24 bits per heavy atom. The lowest BCUT2D eigenvalue weighted by Gasteiger charge is -2.68. The summed E-state index contributed by atoms with van der Waals surface area (Å²) in [4.78, 5) is 68.0. The molecule has 1 aromatic rings. The van der Waals surface area contributed by atoms with Crippen LogP contribution in [0.5, 0.6) is 0 Å². The fourth-order valence-electron chi connectivity index (χ4n) is 10.1. The highest BCUT2D eigenvalue weighted by Crippen LogP contribution is 2.67. The summed E-state index contributed by atoms with van der Waals surface area (Å²) in [6.45, 7) is 11.2. The highest BCUT2D eigenvalue weighted by atomic mass is 16.6. The van der Waals surface area contributed by atoms with Crippen molar-refractivity contribution < 1.29 is 58.0 Å². The topological polar surface area (TPSA) is 236 Å². The van der Waals surface area contributed by atoms with Crippen LogP contribution in [0.25, 0.3) is 0 Å². The monoisotopic (exact) mass is 754 g/mol. The molecule has 11 atom stereocenters. The van der Waals surface area contributed by atoms with Gasteiger partial charge in [0.15, 0.2) is 18.0 Å². The molecule has 3 fully saturated rings. The first-order valence-electron chi connectivity index (χ1n) is 18.3. The SMILES string of the molecule is CC(=O)O[C@H]1C(=O)[C@]2(C)[C@@H](OC(=O)CN)C[C@H]3OC[C@@]3(C)[C@H]2[C@H](C)[C@]2(O)C[C@H](OC(=O)[C@H](OC(=O)CN)[C@@H]([B]CNO)c3ccccc3)C(C)=C1C2(C)C. The van der Waals surface area contributed by atoms with Crippen molar-refractivity contribution in [3.05, 3.63) is 47.0 Å². The number of ketones is 1. The minimum Gasteiger partial charge on any atom is -0.460 e. The fraction of sp³-hybridized carbons (Fsp3) is 0.658. The van der Waals surface area contributed by atoms with Crippen molar-refractivity contribution >= 4 is 36.9 Å². The van der Waals surface area contributed by atoms with Crippen molar-refractivity contribution in [3.8, 4) is 0 Å². The van der Waals surface area contributed by atoms with Crippen LogP contribution in [0, 0.1) is 28.1 Å². The normalized spacial score (nSPS) is 35.1. The number of benzene rings is 1. The first kappa shape index (κ1) is 41.5. The van der Waals surface area contributed by atoms with Crippen molar-refractivity contribution in [2.75, 3.05) is 26.1 Å². The molecule has 295 valence electrons. The highest BCUT2D eigenvalue weighted by Gasteiger charge is 2.74. The first-order chi connectivity index (χ1) is 25.3. The van der Waals surface area contributed by atoms with Gasteiger partial charge >= 0.3 is 23.9 Å². The maximum atomic E-state index is 15.3. The molecule has 1 saturated heterocycles. The Morgan fingerprint density at radius 2 is 1.69 bits per heavy atom. The predicted octanol–water partition coefficient (Wildman–Crippen LogP) is 1.08. The second-order valence-electron chi connectivity index (χ2n) is 16.1. The largest absolute Gasteiger partial charge is 0.460 e. The van der Waals surface area contributed by atoms with E-state index in [2.05, 4.69) is 0 Å². The van der Waals surface area contributed by atoms with Gasteiger partial charge in [-0.15, -0.1) is 0 Å². The van der Waals surface area contributed by atoms with E-state index in [1.165, 1.54) is 6.92 Å². The molecule has 7 N–H and O–H groups in total. The number of aliphatic hydroxyl groups is 1. The second kappa shape index (κ2) is 15.5. The van der Waals surface area contributed by atoms with Gasteiger partial charge < -0.3 is 45.5 Å². The van der Waals surface area contributed by atoms with Gasteiger partial charge in [0, 0.05) is 36.4 Å². The molecule has 1 aliphatic heterocycles. The summed E-state index contributed by atoms with van der Waals surface area (Å²) in [6.07, 6.45) is -5.83. The Morgan fingerprint density at radius 1 is 1.04 bits per heavy atom. The van der Waals surface area contributed by atoms with E-state index >= 15 is 4.79 Å². The molecular weight excluding hydrogens is 701 g/mol. The van der Waals surface area contributed by atoms with Crippen molar-refractivity contribution in [2.45, 2.75) is 103 Å². The van der Waals surface area contributed by atoms with Gasteiger partial charge in [0.1, 0.15) is 19.5 Å². The maximum Gasteiger partial charge on any atom is 0.347 e. The van der Waals surface area contributed by atoms with Crippen molar-refractivity contribution in [3.63, 3.8) is 0 Å². The number of carbonyl (C=O) groups excluding carboxylic acids is 5. The Hall–Kier alpha value is -3.67. The van der Waals surface area contributed by atoms with Crippen LogP contribution >= 0.6 is 0 Å². The molecule has 16 heteroatoms. The van der Waals surface area contributed by atoms with E-state index in [1.54, 1.807) is 65.3 Å². The number of hydrogen-bond acceptors (Lipinski definition) is 15. The number of hydrogen-bond donors (Lipinski definition) is 5. The Balaban J connectivity index is 1.68. The first-order valence-corrected chi connectivity index (χ1v) is 18.3. The average molecular weight is 755 g/mol. The van der Waals surface area contributed by atoms with Gasteiger partial charge in [-0.3, -0.25) is 19.2 Å². The van der Waals surface area contributed by atoms with E-state index in [1.807, 2.05) is 19.3 Å². The number of Topliss-reactive ketones (excluding diaryl/α,β-unsaturated/α-hetero) is 1. The molecule has 3 aliphatic carbocycles. The van der Waals surface area contributed by atoms with Crippen LogP contribution in [0.15, 0.2) is 41.5 Å². The second-order valence-corrected chi connectivity index (χ2v) is 16.1. The maximum absolute atomic E-state index is 15.3. The van der Waals surface area contributed by atoms with Gasteiger partial charge in [-0.05, 0) is 48.8 Å². The smallest absolute Gasteiger partial charge is 0.347 e. The van der Waals surface area contributed by atoms with Crippen molar-refractivity contribution in [1.82, 2.24) is 5.48 Å². The zero-order valence-electron chi connectivity index (χ0n) is 32.0. The third kappa shape index (κ3) is 6.79. The van der Waals surface area contributed by atoms with Crippen molar-refractivity contribution in [2.24, 2.45) is 39.5 Å². The summed E-state index contributed by atoms with van der Waals surface area (Å²) >= 11 is 0. The standard InChI is InChI=1S/C38H53BN3O12/c1-19-23(52-34(47)31(54-27(45)16-41)29(39-18-42-49)22-11-9-8-10-12-22)14-38(48)20(2)32-36(6)17-50-24(36)13-25(53-26(44)15-40)37(32,7)33(46)30(51-21(3)43)28(19)35(38,4)5/h8-12,20,23-25,29-32,42,48-49H,13-18,40-41H2,1-7H3/t20-,23-,24+,25-,29-,30+,31+,32+,36+,37+,38+/m0/s1. The number of carbonyl (C=O) groups is 5. The molecule has 0 aromatic heterocycles. The van der Waals surface area contributed by atoms with Crippen LogP contribution in [0.3, 0.4) is 0 Å². The van der Waals surface area contributed by atoms with E-state index < -0.39 is 113 Å². The number of esters is 4. The average Bonchev–Trinajstić information content (AvgIpc) is 3.12.